The third-order valence-electron chi connectivity index (χ3n) is 3.21. The van der Waals surface area contributed by atoms with Crippen LogP contribution in [0.15, 0.2) is 6.07 Å². The van der Waals surface area contributed by atoms with Gasteiger partial charge in [0.25, 0.3) is 0 Å². The molecule has 1 atom stereocenters. The second-order valence-electron chi connectivity index (χ2n) is 4.20. The van der Waals surface area contributed by atoms with E-state index in [9.17, 15) is 4.39 Å². The van der Waals surface area contributed by atoms with E-state index in [1.807, 2.05) is 0 Å². The second-order valence-corrected chi connectivity index (χ2v) is 5.30. The van der Waals surface area contributed by atoms with Crippen molar-refractivity contribution in [2.75, 3.05) is 14.2 Å². The minimum atomic E-state index is -0.191. The van der Waals surface area contributed by atoms with Crippen LogP contribution in [0.5, 0.6) is 11.5 Å². The van der Waals surface area contributed by atoms with Crippen molar-refractivity contribution in [1.29, 1.82) is 0 Å². The smallest absolute Gasteiger partial charge is 0.165 e. The van der Waals surface area contributed by atoms with Gasteiger partial charge in [0.05, 0.1) is 14.2 Å². The number of methoxy groups -OCH3 is 2. The van der Waals surface area contributed by atoms with E-state index in [0.29, 0.717) is 11.5 Å². The quantitative estimate of drug-likeness (QED) is 0.607. The minimum Gasteiger partial charge on any atom is -0.493 e. The fourth-order valence-electron chi connectivity index (χ4n) is 2.38. The lowest BCUT2D eigenvalue weighted by Crippen LogP contribution is -2.04. The molecule has 17 heavy (non-hydrogen) atoms. The van der Waals surface area contributed by atoms with Crippen LogP contribution >= 0.6 is 15.9 Å². The van der Waals surface area contributed by atoms with Crippen LogP contribution in [0.2, 0.25) is 0 Å². The number of ether oxygens (including phenoxy) is 2. The standard InChI is InChI=1S/C13H16BrFO2/c1-16-11-7-10(15)8-5-3-4-6-9(14)12(8)13(11)17-2/h7,9H,3-6H2,1-2H3. The molecule has 4 heteroatoms. The van der Waals surface area contributed by atoms with Crippen molar-refractivity contribution in [1.82, 2.24) is 0 Å². The van der Waals surface area contributed by atoms with Crippen LogP contribution in [-0.2, 0) is 6.42 Å². The highest BCUT2D eigenvalue weighted by Crippen LogP contribution is 2.45. The van der Waals surface area contributed by atoms with Crippen molar-refractivity contribution in [3.8, 4) is 11.5 Å². The number of rotatable bonds is 2. The van der Waals surface area contributed by atoms with Gasteiger partial charge in [0.15, 0.2) is 11.5 Å². The van der Waals surface area contributed by atoms with Gasteiger partial charge in [-0.05, 0) is 24.8 Å². The second kappa shape index (κ2) is 5.25. The third-order valence-corrected chi connectivity index (χ3v) is 4.13. The molecule has 0 saturated heterocycles. The molecule has 2 nitrogen and oxygen atoms in total. The van der Waals surface area contributed by atoms with Crippen molar-refractivity contribution in [2.45, 2.75) is 30.5 Å². The Bertz CT molecular complexity index is 420. The fraction of sp³-hybridized carbons (Fsp3) is 0.538. The highest BCUT2D eigenvalue weighted by molar-refractivity contribution is 9.09. The van der Waals surface area contributed by atoms with Gasteiger partial charge < -0.3 is 9.47 Å². The van der Waals surface area contributed by atoms with E-state index in [1.54, 1.807) is 7.11 Å². The average molecular weight is 303 g/mol. The van der Waals surface area contributed by atoms with E-state index in [0.717, 1.165) is 36.8 Å². The summed E-state index contributed by atoms with van der Waals surface area (Å²) in [5.74, 6) is 0.937. The van der Waals surface area contributed by atoms with E-state index < -0.39 is 0 Å². The van der Waals surface area contributed by atoms with Crippen molar-refractivity contribution in [3.63, 3.8) is 0 Å². The van der Waals surface area contributed by atoms with Gasteiger partial charge in [-0.3, -0.25) is 0 Å². The molecule has 0 saturated carbocycles. The Morgan fingerprint density at radius 2 is 2.06 bits per heavy atom. The lowest BCUT2D eigenvalue weighted by Gasteiger charge is -2.19. The fourth-order valence-corrected chi connectivity index (χ4v) is 3.19. The van der Waals surface area contributed by atoms with Crippen molar-refractivity contribution >= 4 is 15.9 Å². The van der Waals surface area contributed by atoms with Gasteiger partial charge in [-0.2, -0.15) is 0 Å². The molecular formula is C13H16BrFO2. The molecule has 0 heterocycles. The molecule has 0 N–H and O–H groups in total. The Hall–Kier alpha value is -0.770. The number of benzene rings is 1. The largest absolute Gasteiger partial charge is 0.493 e. The van der Waals surface area contributed by atoms with Crippen LogP contribution in [0.4, 0.5) is 4.39 Å². The average Bonchev–Trinajstić information content (AvgIpc) is 2.52. The summed E-state index contributed by atoms with van der Waals surface area (Å²) in [7, 11) is 3.13. The van der Waals surface area contributed by atoms with Crippen molar-refractivity contribution in [3.05, 3.63) is 23.0 Å². The number of fused-ring (bicyclic) bond motifs is 1. The molecule has 1 aromatic carbocycles. The van der Waals surface area contributed by atoms with Crippen LogP contribution in [0.25, 0.3) is 0 Å². The Labute approximate surface area is 109 Å². The molecule has 0 aromatic heterocycles. The minimum absolute atomic E-state index is 0.138. The molecule has 0 spiro atoms. The Kier molecular flexibility index (Phi) is 3.92. The van der Waals surface area contributed by atoms with Crippen LogP contribution in [-0.4, -0.2) is 14.2 Å². The summed E-state index contributed by atoms with van der Waals surface area (Å²) < 4.78 is 24.6. The van der Waals surface area contributed by atoms with Gasteiger partial charge in [0, 0.05) is 16.5 Å². The SMILES string of the molecule is COc1cc(F)c2c(c1OC)C(Br)CCCC2. The van der Waals surface area contributed by atoms with E-state index >= 15 is 0 Å². The molecule has 1 aliphatic carbocycles. The van der Waals surface area contributed by atoms with Crippen molar-refractivity contribution < 1.29 is 13.9 Å². The molecule has 2 rings (SSSR count). The van der Waals surface area contributed by atoms with Crippen LogP contribution in [0.3, 0.4) is 0 Å². The van der Waals surface area contributed by atoms with Crippen molar-refractivity contribution in [2.24, 2.45) is 0 Å². The monoisotopic (exact) mass is 302 g/mol. The molecule has 1 aliphatic rings. The van der Waals surface area contributed by atoms with Gasteiger partial charge in [-0.1, -0.05) is 22.4 Å². The predicted molar refractivity (Wildman–Crippen MR) is 68.7 cm³/mol. The summed E-state index contributed by atoms with van der Waals surface area (Å²) in [4.78, 5) is 0.138. The molecule has 0 amide bonds. The highest BCUT2D eigenvalue weighted by atomic mass is 79.9. The molecule has 0 radical (unpaired) electrons. The predicted octanol–water partition coefficient (Wildman–Crippen LogP) is 4.01. The van der Waals surface area contributed by atoms with E-state index in [4.69, 9.17) is 9.47 Å². The number of halogens is 2. The first-order chi connectivity index (χ1) is 8.19. The summed E-state index contributed by atoms with van der Waals surface area (Å²) in [6.45, 7) is 0. The number of hydrogen-bond acceptors (Lipinski definition) is 2. The highest BCUT2D eigenvalue weighted by Gasteiger charge is 2.26. The summed E-state index contributed by atoms with van der Waals surface area (Å²) in [5, 5.41) is 0. The molecule has 0 aliphatic heterocycles. The Morgan fingerprint density at radius 1 is 1.29 bits per heavy atom. The first-order valence-corrected chi connectivity index (χ1v) is 6.68. The van der Waals surface area contributed by atoms with E-state index in [1.165, 1.54) is 13.2 Å². The zero-order valence-corrected chi connectivity index (χ0v) is 11.6. The maximum atomic E-state index is 14.0. The summed E-state index contributed by atoms with van der Waals surface area (Å²) in [6.07, 6.45) is 3.87. The number of hydrogen-bond donors (Lipinski definition) is 0. The van der Waals surface area contributed by atoms with E-state index in [-0.39, 0.29) is 10.6 Å². The topological polar surface area (TPSA) is 18.5 Å². The number of alkyl halides is 1. The molecule has 94 valence electrons. The molecular weight excluding hydrogens is 287 g/mol. The van der Waals surface area contributed by atoms with Gasteiger partial charge >= 0.3 is 0 Å². The maximum Gasteiger partial charge on any atom is 0.165 e. The molecule has 1 unspecified atom stereocenters. The molecule has 0 fully saturated rings. The Balaban J connectivity index is 2.64. The first-order valence-electron chi connectivity index (χ1n) is 5.76. The summed E-state index contributed by atoms with van der Waals surface area (Å²) in [5.41, 5.74) is 1.68. The van der Waals surface area contributed by atoms with Gasteiger partial charge in [0.1, 0.15) is 5.82 Å². The first kappa shape index (κ1) is 12.7. The lowest BCUT2D eigenvalue weighted by molar-refractivity contribution is 0.348. The zero-order chi connectivity index (χ0) is 12.4. The van der Waals surface area contributed by atoms with Gasteiger partial charge in [-0.25, -0.2) is 4.39 Å². The lowest BCUT2D eigenvalue weighted by atomic mass is 10.0. The molecule has 0 bridgehead atoms. The zero-order valence-electron chi connectivity index (χ0n) is 10.1. The van der Waals surface area contributed by atoms with Crippen LogP contribution in [0.1, 0.15) is 35.2 Å². The summed E-state index contributed by atoms with van der Waals surface area (Å²) in [6, 6.07) is 1.42. The van der Waals surface area contributed by atoms with E-state index in [2.05, 4.69) is 15.9 Å². The van der Waals surface area contributed by atoms with Gasteiger partial charge in [-0.15, -0.1) is 0 Å². The van der Waals surface area contributed by atoms with Crippen LogP contribution < -0.4 is 9.47 Å². The molecule has 1 aromatic rings. The maximum absolute atomic E-state index is 14.0. The Morgan fingerprint density at radius 3 is 2.71 bits per heavy atom. The summed E-state index contributed by atoms with van der Waals surface area (Å²) >= 11 is 3.62. The van der Waals surface area contributed by atoms with Gasteiger partial charge in [0.2, 0.25) is 0 Å². The normalized spacial score (nSPS) is 19.4. The van der Waals surface area contributed by atoms with Crippen LogP contribution in [0, 0.1) is 5.82 Å². The third kappa shape index (κ3) is 2.28.